The lowest BCUT2D eigenvalue weighted by Gasteiger charge is -2.31. The van der Waals surface area contributed by atoms with Crippen LogP contribution in [0.15, 0.2) is 66.7 Å². The Morgan fingerprint density at radius 1 is 0.971 bits per heavy atom. The highest BCUT2D eigenvalue weighted by Gasteiger charge is 2.29. The van der Waals surface area contributed by atoms with Crippen molar-refractivity contribution in [2.24, 2.45) is 0 Å². The van der Waals surface area contributed by atoms with Gasteiger partial charge in [0.15, 0.2) is 0 Å². The van der Waals surface area contributed by atoms with Gasteiger partial charge in [-0.1, -0.05) is 24.3 Å². The average molecular weight is 458 g/mol. The van der Waals surface area contributed by atoms with E-state index in [1.807, 2.05) is 42.5 Å². The lowest BCUT2D eigenvalue weighted by molar-refractivity contribution is 0.204. The second-order valence-corrected chi connectivity index (χ2v) is 9.21. The van der Waals surface area contributed by atoms with Crippen LogP contribution < -0.4 is 9.47 Å². The maximum Gasteiger partial charge on any atom is 0.150 e. The molecule has 2 aliphatic rings. The highest BCUT2D eigenvalue weighted by atomic mass is 16.5. The molecule has 0 radical (unpaired) electrons. The number of rotatable bonds is 6. The molecule has 3 aromatic carbocycles. The normalized spacial score (nSPS) is 20.2. The van der Waals surface area contributed by atoms with E-state index in [2.05, 4.69) is 18.7 Å². The molecule has 0 amide bonds. The van der Waals surface area contributed by atoms with Gasteiger partial charge in [0.25, 0.3) is 0 Å². The van der Waals surface area contributed by atoms with Crippen molar-refractivity contribution in [1.82, 2.24) is 4.90 Å². The van der Waals surface area contributed by atoms with E-state index in [0.29, 0.717) is 18.4 Å². The van der Waals surface area contributed by atoms with Crippen LogP contribution in [0, 0.1) is 0 Å². The van der Waals surface area contributed by atoms with Crippen LogP contribution in [-0.2, 0) is 0 Å². The second kappa shape index (κ2) is 9.43. The van der Waals surface area contributed by atoms with Gasteiger partial charge < -0.3 is 19.7 Å². The van der Waals surface area contributed by atoms with Crippen LogP contribution in [0.3, 0.4) is 0 Å². The van der Waals surface area contributed by atoms with Gasteiger partial charge in [0.05, 0.1) is 0 Å². The number of likely N-dealkylation sites (tertiary alicyclic amines) is 1. The number of hydrogen-bond acceptors (Lipinski definition) is 5. The third kappa shape index (κ3) is 4.48. The molecular weight excluding hydrogens is 426 g/mol. The van der Waals surface area contributed by atoms with Crippen molar-refractivity contribution in [2.45, 2.75) is 38.8 Å². The summed E-state index contributed by atoms with van der Waals surface area (Å²) >= 11 is 0. The van der Waals surface area contributed by atoms with Crippen LogP contribution in [-0.4, -0.2) is 40.9 Å². The van der Waals surface area contributed by atoms with E-state index >= 15 is 0 Å². The topological polar surface area (TPSA) is 62.2 Å². The predicted octanol–water partition coefficient (Wildman–Crippen LogP) is 6.03. The summed E-state index contributed by atoms with van der Waals surface area (Å²) < 4.78 is 12.5. The maximum absolute atomic E-state index is 10.0. The molecule has 3 aromatic rings. The number of aromatic hydroxyl groups is 2. The van der Waals surface area contributed by atoms with Crippen LogP contribution in [0.5, 0.6) is 23.0 Å². The first kappa shape index (κ1) is 22.4. The number of ether oxygens (including phenoxy) is 2. The van der Waals surface area contributed by atoms with Crippen molar-refractivity contribution >= 4 is 11.1 Å². The molecule has 1 unspecified atom stereocenters. The summed E-state index contributed by atoms with van der Waals surface area (Å²) in [6.07, 6.45) is 2.19. The van der Waals surface area contributed by atoms with Gasteiger partial charge in [0.1, 0.15) is 35.7 Å². The summed E-state index contributed by atoms with van der Waals surface area (Å²) in [5.74, 6) is 1.90. The monoisotopic (exact) mass is 457 g/mol. The minimum Gasteiger partial charge on any atom is -0.508 e. The van der Waals surface area contributed by atoms with E-state index in [1.54, 1.807) is 24.3 Å². The van der Waals surface area contributed by atoms with E-state index in [9.17, 15) is 10.2 Å². The standard InChI is InChI=1S/C29H31NO4/c1-19-4-3-15-30(19)16-17-33-25-12-7-22(8-13-25)29-28(21-5-9-23(31)10-6-21)20(2)26-14-11-24(32)18-27(26)34-29/h5-14,18-19,29,31-32H,3-4,15-17H2,1-2H3/t19-,29?/m1/s1. The number of benzene rings is 3. The maximum atomic E-state index is 10.0. The number of hydrogen-bond donors (Lipinski definition) is 2. The molecule has 2 atom stereocenters. The van der Waals surface area contributed by atoms with Crippen molar-refractivity contribution < 1.29 is 19.7 Å². The zero-order valence-corrected chi connectivity index (χ0v) is 19.7. The molecule has 2 N–H and O–H groups in total. The van der Waals surface area contributed by atoms with Crippen LogP contribution in [0.25, 0.3) is 11.1 Å². The Hall–Kier alpha value is -3.44. The van der Waals surface area contributed by atoms with Gasteiger partial charge in [-0.15, -0.1) is 0 Å². The zero-order valence-electron chi connectivity index (χ0n) is 19.7. The highest BCUT2D eigenvalue weighted by Crippen LogP contribution is 2.47. The molecule has 176 valence electrons. The van der Waals surface area contributed by atoms with Crippen molar-refractivity contribution in [1.29, 1.82) is 0 Å². The van der Waals surface area contributed by atoms with E-state index in [-0.39, 0.29) is 17.6 Å². The van der Waals surface area contributed by atoms with E-state index in [4.69, 9.17) is 9.47 Å². The van der Waals surface area contributed by atoms with Crippen molar-refractivity contribution in [3.05, 3.63) is 83.4 Å². The number of fused-ring (bicyclic) bond motifs is 1. The largest absolute Gasteiger partial charge is 0.508 e. The van der Waals surface area contributed by atoms with Gasteiger partial charge in [-0.2, -0.15) is 0 Å². The quantitative estimate of drug-likeness (QED) is 0.474. The second-order valence-electron chi connectivity index (χ2n) is 9.21. The lowest BCUT2D eigenvalue weighted by Crippen LogP contribution is -2.31. The first-order chi connectivity index (χ1) is 16.5. The summed E-state index contributed by atoms with van der Waals surface area (Å²) in [6.45, 7) is 7.14. The van der Waals surface area contributed by atoms with Gasteiger partial charge in [0.2, 0.25) is 0 Å². The third-order valence-electron chi connectivity index (χ3n) is 6.98. The molecule has 0 aliphatic carbocycles. The van der Waals surface area contributed by atoms with Gasteiger partial charge >= 0.3 is 0 Å². The Bertz CT molecular complexity index is 1180. The molecule has 34 heavy (non-hydrogen) atoms. The third-order valence-corrected chi connectivity index (χ3v) is 6.98. The number of phenols is 2. The smallest absolute Gasteiger partial charge is 0.150 e. The van der Waals surface area contributed by atoms with Crippen LogP contribution in [0.1, 0.15) is 49.5 Å². The zero-order chi connectivity index (χ0) is 23.7. The number of phenolic OH excluding ortho intramolecular Hbond substituents is 2. The molecule has 5 rings (SSSR count). The van der Waals surface area contributed by atoms with Crippen LogP contribution in [0.2, 0.25) is 0 Å². The van der Waals surface area contributed by atoms with Gasteiger partial charge in [-0.3, -0.25) is 4.90 Å². The lowest BCUT2D eigenvalue weighted by atomic mass is 9.86. The molecule has 0 bridgehead atoms. The summed E-state index contributed by atoms with van der Waals surface area (Å²) in [6, 6.07) is 21.1. The van der Waals surface area contributed by atoms with Crippen molar-refractivity contribution in [3.63, 3.8) is 0 Å². The van der Waals surface area contributed by atoms with E-state index in [0.717, 1.165) is 46.7 Å². The molecule has 2 heterocycles. The van der Waals surface area contributed by atoms with E-state index < -0.39 is 0 Å². The molecular formula is C29H31NO4. The Balaban J connectivity index is 1.40. The van der Waals surface area contributed by atoms with Crippen molar-refractivity contribution in [2.75, 3.05) is 19.7 Å². The molecule has 0 aromatic heterocycles. The Kier molecular flexibility index (Phi) is 6.20. The molecule has 2 aliphatic heterocycles. The summed E-state index contributed by atoms with van der Waals surface area (Å²) in [7, 11) is 0. The molecule has 1 fully saturated rings. The minimum absolute atomic E-state index is 0.175. The molecule has 5 heteroatoms. The van der Waals surface area contributed by atoms with Crippen LogP contribution in [0.4, 0.5) is 0 Å². The summed E-state index contributed by atoms with van der Waals surface area (Å²) in [5, 5.41) is 19.8. The first-order valence-electron chi connectivity index (χ1n) is 12.0. The van der Waals surface area contributed by atoms with Gasteiger partial charge in [0, 0.05) is 29.8 Å². The predicted molar refractivity (Wildman–Crippen MR) is 134 cm³/mol. The molecule has 0 spiro atoms. The van der Waals surface area contributed by atoms with Crippen molar-refractivity contribution in [3.8, 4) is 23.0 Å². The average Bonchev–Trinajstić information content (AvgIpc) is 3.24. The van der Waals surface area contributed by atoms with Gasteiger partial charge in [-0.25, -0.2) is 0 Å². The minimum atomic E-state index is -0.349. The SMILES string of the molecule is CC1=C(c2ccc(O)cc2)C(c2ccc(OCCN3CCC[C@H]3C)cc2)Oc2cc(O)ccc21. The van der Waals surface area contributed by atoms with Gasteiger partial charge in [-0.05, 0) is 86.3 Å². The molecule has 0 saturated carbocycles. The fourth-order valence-corrected chi connectivity index (χ4v) is 5.03. The molecule has 1 saturated heterocycles. The molecule has 5 nitrogen and oxygen atoms in total. The fraction of sp³-hybridized carbons (Fsp3) is 0.310. The number of nitrogens with zero attached hydrogens (tertiary/aromatic N) is 1. The Morgan fingerprint density at radius 3 is 2.41 bits per heavy atom. The van der Waals surface area contributed by atoms with Crippen LogP contribution >= 0.6 is 0 Å². The first-order valence-corrected chi connectivity index (χ1v) is 12.0. The Morgan fingerprint density at radius 2 is 1.71 bits per heavy atom. The van der Waals surface area contributed by atoms with E-state index in [1.165, 1.54) is 12.8 Å². The number of allylic oxidation sites excluding steroid dienone is 1. The summed E-state index contributed by atoms with van der Waals surface area (Å²) in [5.41, 5.74) is 5.05. The fourth-order valence-electron chi connectivity index (χ4n) is 5.03. The Labute approximate surface area is 200 Å². The summed E-state index contributed by atoms with van der Waals surface area (Å²) in [4.78, 5) is 2.48. The highest BCUT2D eigenvalue weighted by molar-refractivity contribution is 5.95.